The Kier molecular flexibility index (Phi) is 12.0. The molecule has 0 radical (unpaired) electrons. The fourth-order valence-electron chi connectivity index (χ4n) is 3.93. The fourth-order valence-corrected chi connectivity index (χ4v) is 4.31. The number of carbonyl (C=O) groups excluding carboxylic acids is 3. The van der Waals surface area contributed by atoms with E-state index in [1.165, 1.54) is 61.5 Å². The summed E-state index contributed by atoms with van der Waals surface area (Å²) in [4.78, 5) is 36.5. The molecule has 0 fully saturated rings. The number of aliphatic hydroxyl groups excluding tert-OH is 1. The maximum Gasteiger partial charge on any atom is 0.387 e. The largest absolute Gasteiger partial charge is 0.435 e. The summed E-state index contributed by atoms with van der Waals surface area (Å²) in [5.41, 5.74) is 1.57. The number of carbonyl (C=O) groups is 3. The summed E-state index contributed by atoms with van der Waals surface area (Å²) in [7, 11) is 0. The molecule has 0 aliphatic carbocycles. The van der Waals surface area contributed by atoms with Crippen LogP contribution in [0.25, 0.3) is 0 Å². The summed E-state index contributed by atoms with van der Waals surface area (Å²) in [6.45, 7) is -2.81. The number of ether oxygens (including phenoxy) is 2. The van der Waals surface area contributed by atoms with Gasteiger partial charge in [-0.15, -0.1) is 0 Å². The lowest BCUT2D eigenvalue weighted by atomic mass is 9.98. The van der Waals surface area contributed by atoms with Crippen LogP contribution in [-0.2, 0) is 0 Å². The molecule has 0 heterocycles. The number of halogens is 6. The van der Waals surface area contributed by atoms with Gasteiger partial charge in [0.1, 0.15) is 17.6 Å². The maximum absolute atomic E-state index is 12.2. The van der Waals surface area contributed by atoms with Crippen molar-refractivity contribution in [1.29, 1.82) is 0 Å². The van der Waals surface area contributed by atoms with Crippen molar-refractivity contribution in [3.8, 4) is 11.5 Å². The SMILES string of the molecule is Cc1cc(C(=O)C(=O)c2cccc(Cl)c2)ccc1OC(F)F.Cc1cc(C(O)C(=O)c2cccc(Cl)c2)ccc1OC(F)F. The van der Waals surface area contributed by atoms with Gasteiger partial charge in [-0.1, -0.05) is 53.5 Å². The molecule has 0 aliphatic heterocycles. The molecule has 44 heavy (non-hydrogen) atoms. The first-order chi connectivity index (χ1) is 20.8. The molecular weight excluding hydrogens is 627 g/mol. The Balaban J connectivity index is 0.000000240. The predicted molar refractivity (Wildman–Crippen MR) is 156 cm³/mol. The number of aliphatic hydroxyl groups is 1. The van der Waals surface area contributed by atoms with Crippen LogP contribution in [0.2, 0.25) is 10.0 Å². The number of rotatable bonds is 10. The molecule has 0 bridgehead atoms. The number of benzene rings is 4. The molecule has 4 aromatic carbocycles. The Hall–Kier alpha value is -4.25. The Morgan fingerprint density at radius 1 is 0.636 bits per heavy atom. The molecule has 1 atom stereocenters. The van der Waals surface area contributed by atoms with Crippen LogP contribution < -0.4 is 9.47 Å². The summed E-state index contributed by atoms with van der Waals surface area (Å²) in [5, 5.41) is 10.9. The number of alkyl halides is 4. The van der Waals surface area contributed by atoms with Gasteiger partial charge >= 0.3 is 13.2 Å². The average Bonchev–Trinajstić information content (AvgIpc) is 2.97. The molecule has 12 heteroatoms. The van der Waals surface area contributed by atoms with E-state index in [9.17, 15) is 37.1 Å². The third-order valence-electron chi connectivity index (χ3n) is 6.03. The Morgan fingerprint density at radius 2 is 1.09 bits per heavy atom. The van der Waals surface area contributed by atoms with Gasteiger partial charge in [-0.25, -0.2) is 0 Å². The zero-order chi connectivity index (χ0) is 32.6. The number of hydrogen-bond donors (Lipinski definition) is 1. The zero-order valence-corrected chi connectivity index (χ0v) is 24.6. The van der Waals surface area contributed by atoms with Crippen LogP contribution >= 0.6 is 23.2 Å². The minimum atomic E-state index is -2.95. The first-order valence-electron chi connectivity index (χ1n) is 12.7. The lowest BCUT2D eigenvalue weighted by Gasteiger charge is -2.13. The lowest BCUT2D eigenvalue weighted by Crippen LogP contribution is -2.15. The highest BCUT2D eigenvalue weighted by Gasteiger charge is 2.21. The van der Waals surface area contributed by atoms with E-state index in [0.29, 0.717) is 26.7 Å². The van der Waals surface area contributed by atoms with E-state index < -0.39 is 36.7 Å². The van der Waals surface area contributed by atoms with Crippen molar-refractivity contribution in [1.82, 2.24) is 0 Å². The summed E-state index contributed by atoms with van der Waals surface area (Å²) < 4.78 is 57.4. The van der Waals surface area contributed by atoms with E-state index >= 15 is 0 Å². The normalized spacial score (nSPS) is 11.4. The van der Waals surface area contributed by atoms with Crippen LogP contribution in [0.15, 0.2) is 84.9 Å². The van der Waals surface area contributed by atoms with Gasteiger partial charge in [0.25, 0.3) is 0 Å². The average molecular weight is 651 g/mol. The van der Waals surface area contributed by atoms with Crippen LogP contribution in [0.5, 0.6) is 11.5 Å². The third kappa shape index (κ3) is 9.37. The number of Topliss-reactive ketones (excluding diaryl/α,β-unsaturated/α-hetero) is 3. The monoisotopic (exact) mass is 650 g/mol. The van der Waals surface area contributed by atoms with Crippen molar-refractivity contribution in [2.45, 2.75) is 33.2 Å². The molecule has 6 nitrogen and oxygen atoms in total. The number of ketones is 3. The molecule has 230 valence electrons. The van der Waals surface area contributed by atoms with Crippen LogP contribution in [-0.4, -0.2) is 35.7 Å². The predicted octanol–water partition coefficient (Wildman–Crippen LogP) is 8.48. The van der Waals surface area contributed by atoms with Crippen LogP contribution in [0.4, 0.5) is 17.6 Å². The van der Waals surface area contributed by atoms with Crippen molar-refractivity contribution in [3.63, 3.8) is 0 Å². The second-order valence-electron chi connectivity index (χ2n) is 9.21. The van der Waals surface area contributed by atoms with Gasteiger partial charge in [-0.05, 0) is 85.1 Å². The standard InChI is InChI=1S/C16H13ClF2O3.C16H11ClF2O3/c2*1-9-7-11(5-6-13(9)22-16(18)19)15(21)14(20)10-3-2-4-12(17)8-10/h2-8,15-16,21H,1H3;2-8,16H,1H3. The highest BCUT2D eigenvalue weighted by molar-refractivity contribution is 6.49. The first kappa shape index (κ1) is 34.2. The quantitative estimate of drug-likeness (QED) is 0.105. The minimum absolute atomic E-state index is 0.00107. The molecule has 4 aromatic rings. The lowest BCUT2D eigenvalue weighted by molar-refractivity contribution is -0.0509. The Morgan fingerprint density at radius 3 is 1.57 bits per heavy atom. The van der Waals surface area contributed by atoms with Crippen LogP contribution in [0.1, 0.15) is 53.9 Å². The molecular formula is C32H24Cl2F4O6. The highest BCUT2D eigenvalue weighted by atomic mass is 35.5. The van der Waals surface area contributed by atoms with Gasteiger partial charge in [0, 0.05) is 26.7 Å². The topological polar surface area (TPSA) is 89.9 Å². The molecule has 4 rings (SSSR count). The molecule has 0 saturated carbocycles. The molecule has 0 amide bonds. The van der Waals surface area contributed by atoms with E-state index in [2.05, 4.69) is 9.47 Å². The van der Waals surface area contributed by atoms with E-state index in [-0.39, 0.29) is 28.2 Å². The van der Waals surface area contributed by atoms with E-state index in [4.69, 9.17) is 23.2 Å². The molecule has 0 aliphatic rings. The molecule has 1 unspecified atom stereocenters. The van der Waals surface area contributed by atoms with Crippen molar-refractivity contribution in [3.05, 3.63) is 128 Å². The maximum atomic E-state index is 12.2. The van der Waals surface area contributed by atoms with E-state index in [0.717, 1.165) is 0 Å². The fraction of sp³-hybridized carbons (Fsp3) is 0.156. The molecule has 1 N–H and O–H groups in total. The smallest absolute Gasteiger partial charge is 0.387 e. The Labute approximate surface area is 259 Å². The van der Waals surface area contributed by atoms with Crippen molar-refractivity contribution in [2.24, 2.45) is 0 Å². The second kappa shape index (κ2) is 15.5. The van der Waals surface area contributed by atoms with Crippen molar-refractivity contribution < 1.29 is 46.5 Å². The highest BCUT2D eigenvalue weighted by Crippen LogP contribution is 2.27. The summed E-state index contributed by atoms with van der Waals surface area (Å²) in [6.07, 6.45) is -1.40. The van der Waals surface area contributed by atoms with E-state index in [1.807, 2.05) is 0 Å². The molecule has 0 spiro atoms. The molecule has 0 saturated heterocycles. The summed E-state index contributed by atoms with van der Waals surface area (Å²) >= 11 is 11.6. The second-order valence-corrected chi connectivity index (χ2v) is 10.1. The van der Waals surface area contributed by atoms with Gasteiger partial charge in [0.2, 0.25) is 11.6 Å². The first-order valence-corrected chi connectivity index (χ1v) is 13.5. The minimum Gasteiger partial charge on any atom is -0.435 e. The van der Waals surface area contributed by atoms with Crippen molar-refractivity contribution in [2.75, 3.05) is 0 Å². The summed E-state index contributed by atoms with van der Waals surface area (Å²) in [6, 6.07) is 20.2. The van der Waals surface area contributed by atoms with Gasteiger partial charge in [0.05, 0.1) is 0 Å². The number of hydrogen-bond acceptors (Lipinski definition) is 6. The van der Waals surface area contributed by atoms with Crippen LogP contribution in [0.3, 0.4) is 0 Å². The third-order valence-corrected chi connectivity index (χ3v) is 6.50. The summed E-state index contributed by atoms with van der Waals surface area (Å²) in [5.74, 6) is -2.02. The van der Waals surface area contributed by atoms with Gasteiger partial charge in [-0.3, -0.25) is 14.4 Å². The zero-order valence-electron chi connectivity index (χ0n) is 23.1. The molecule has 0 aromatic heterocycles. The van der Waals surface area contributed by atoms with Crippen LogP contribution in [0, 0.1) is 13.8 Å². The number of aryl methyl sites for hydroxylation is 2. The van der Waals surface area contributed by atoms with Gasteiger partial charge in [0.15, 0.2) is 5.78 Å². The van der Waals surface area contributed by atoms with Gasteiger partial charge in [-0.2, -0.15) is 17.6 Å². The van der Waals surface area contributed by atoms with E-state index in [1.54, 1.807) is 37.3 Å². The Bertz CT molecular complexity index is 1660. The van der Waals surface area contributed by atoms with Gasteiger partial charge < -0.3 is 14.6 Å². The van der Waals surface area contributed by atoms with Crippen molar-refractivity contribution >= 4 is 40.6 Å².